The summed E-state index contributed by atoms with van der Waals surface area (Å²) in [6, 6.07) is 17.5. The van der Waals surface area contributed by atoms with Gasteiger partial charge in [-0.1, -0.05) is 42.5 Å². The van der Waals surface area contributed by atoms with Crippen LogP contribution in [0.5, 0.6) is 5.75 Å². The number of nitrogens with one attached hydrogen (secondary N) is 1. The lowest BCUT2D eigenvalue weighted by Crippen LogP contribution is -2.49. The first kappa shape index (κ1) is 20.9. The van der Waals surface area contributed by atoms with Crippen LogP contribution in [0.2, 0.25) is 0 Å². The van der Waals surface area contributed by atoms with Crippen LogP contribution in [0.25, 0.3) is 0 Å². The molecule has 7 nitrogen and oxygen atoms in total. The summed E-state index contributed by atoms with van der Waals surface area (Å²) in [4.78, 5) is 39.4. The molecule has 2 aromatic rings. The number of rotatable bonds is 7. The predicted molar refractivity (Wildman–Crippen MR) is 115 cm³/mol. The molecule has 0 aromatic heterocycles. The summed E-state index contributed by atoms with van der Waals surface area (Å²) in [7, 11) is 0. The first-order valence-electron chi connectivity index (χ1n) is 10.7. The minimum atomic E-state index is -0.314. The van der Waals surface area contributed by atoms with Gasteiger partial charge in [0.1, 0.15) is 12.4 Å². The van der Waals surface area contributed by atoms with Crippen LogP contribution in [-0.4, -0.2) is 53.3 Å². The van der Waals surface area contributed by atoms with Crippen molar-refractivity contribution in [2.24, 2.45) is 0 Å². The first-order chi connectivity index (χ1) is 15.1. The van der Waals surface area contributed by atoms with Crippen LogP contribution in [0, 0.1) is 0 Å². The van der Waals surface area contributed by atoms with Crippen molar-refractivity contribution >= 4 is 17.8 Å². The molecule has 1 N–H and O–H groups in total. The third-order valence-corrected chi connectivity index (χ3v) is 5.86. The largest absolute Gasteiger partial charge is 0.489 e. The van der Waals surface area contributed by atoms with Gasteiger partial charge in [0.05, 0.1) is 6.54 Å². The number of urea groups is 1. The molecule has 0 unspecified atom stereocenters. The Morgan fingerprint density at radius 1 is 0.968 bits per heavy atom. The smallest absolute Gasteiger partial charge is 0.324 e. The lowest BCUT2D eigenvalue weighted by Gasteiger charge is -2.35. The van der Waals surface area contributed by atoms with Gasteiger partial charge in [-0.05, 0) is 42.5 Å². The second-order valence-electron chi connectivity index (χ2n) is 7.95. The van der Waals surface area contributed by atoms with Gasteiger partial charge in [-0.2, -0.15) is 0 Å². The van der Waals surface area contributed by atoms with Crippen molar-refractivity contribution in [3.63, 3.8) is 0 Å². The Hall–Kier alpha value is -3.35. The summed E-state index contributed by atoms with van der Waals surface area (Å²) in [5.41, 5.74) is 2.21. The van der Waals surface area contributed by atoms with Crippen LogP contribution in [-0.2, 0) is 22.6 Å². The molecule has 0 aliphatic carbocycles. The number of nitrogens with zero attached hydrogens (tertiary/aromatic N) is 2. The second-order valence-corrected chi connectivity index (χ2v) is 7.95. The third-order valence-electron chi connectivity index (χ3n) is 5.86. The SMILES string of the molecule is O=C(CCc1ccc(OCc2ccccc2)cc1)N1CCC(N2C(=O)CNC2=O)CC1. The Kier molecular flexibility index (Phi) is 6.50. The molecular formula is C24H27N3O4. The second kappa shape index (κ2) is 9.64. The van der Waals surface area contributed by atoms with Crippen LogP contribution >= 0.6 is 0 Å². The quantitative estimate of drug-likeness (QED) is 0.698. The Morgan fingerprint density at radius 3 is 2.32 bits per heavy atom. The van der Waals surface area contributed by atoms with Crippen LogP contribution in [0.3, 0.4) is 0 Å². The van der Waals surface area contributed by atoms with E-state index in [1.165, 1.54) is 4.90 Å². The van der Waals surface area contributed by atoms with Gasteiger partial charge in [0.2, 0.25) is 11.8 Å². The van der Waals surface area contributed by atoms with E-state index in [9.17, 15) is 14.4 Å². The number of hydrogen-bond acceptors (Lipinski definition) is 4. The monoisotopic (exact) mass is 421 g/mol. The van der Waals surface area contributed by atoms with Crippen molar-refractivity contribution in [2.45, 2.75) is 38.3 Å². The Morgan fingerprint density at radius 2 is 1.68 bits per heavy atom. The molecule has 0 spiro atoms. The van der Waals surface area contributed by atoms with Crippen molar-refractivity contribution in [2.75, 3.05) is 19.6 Å². The summed E-state index contributed by atoms with van der Waals surface area (Å²) in [6.45, 7) is 1.76. The number of piperidine rings is 1. The van der Waals surface area contributed by atoms with Crippen molar-refractivity contribution in [1.29, 1.82) is 0 Å². The molecule has 0 radical (unpaired) electrons. The average Bonchev–Trinajstić information content (AvgIpc) is 3.15. The zero-order chi connectivity index (χ0) is 21.6. The highest BCUT2D eigenvalue weighted by Gasteiger charge is 2.37. The number of likely N-dealkylation sites (tertiary alicyclic amines) is 1. The van der Waals surface area contributed by atoms with Crippen LogP contribution in [0.4, 0.5) is 4.79 Å². The number of hydrogen-bond donors (Lipinski definition) is 1. The summed E-state index contributed by atoms with van der Waals surface area (Å²) in [5, 5.41) is 2.56. The Labute approximate surface area is 182 Å². The minimum absolute atomic E-state index is 0.0774. The van der Waals surface area contributed by atoms with E-state index in [-0.39, 0.29) is 30.4 Å². The fourth-order valence-electron chi connectivity index (χ4n) is 4.08. The van der Waals surface area contributed by atoms with E-state index >= 15 is 0 Å². The van der Waals surface area contributed by atoms with Gasteiger partial charge in [0, 0.05) is 25.6 Å². The number of ether oxygens (including phenoxy) is 1. The lowest BCUT2D eigenvalue weighted by molar-refractivity contribution is -0.133. The van der Waals surface area contributed by atoms with Crippen molar-refractivity contribution in [1.82, 2.24) is 15.1 Å². The Balaban J connectivity index is 1.20. The zero-order valence-electron chi connectivity index (χ0n) is 17.5. The fourth-order valence-corrected chi connectivity index (χ4v) is 4.08. The summed E-state index contributed by atoms with van der Waals surface area (Å²) in [5.74, 6) is 0.743. The highest BCUT2D eigenvalue weighted by atomic mass is 16.5. The van der Waals surface area contributed by atoms with Crippen molar-refractivity contribution in [3.05, 3.63) is 65.7 Å². The molecule has 2 aliphatic heterocycles. The highest BCUT2D eigenvalue weighted by Crippen LogP contribution is 2.20. The molecule has 2 aromatic carbocycles. The Bertz CT molecular complexity index is 906. The number of carbonyl (C=O) groups excluding carboxylic acids is 3. The van der Waals surface area contributed by atoms with Gasteiger partial charge in [-0.25, -0.2) is 4.79 Å². The molecular weight excluding hydrogens is 394 g/mol. The molecule has 2 fully saturated rings. The zero-order valence-corrected chi connectivity index (χ0v) is 17.5. The molecule has 0 atom stereocenters. The fraction of sp³-hybridized carbons (Fsp3) is 0.375. The molecule has 0 bridgehead atoms. The molecule has 0 saturated carbocycles. The normalized spacial score (nSPS) is 17.0. The lowest BCUT2D eigenvalue weighted by atomic mass is 10.0. The number of carbonyl (C=O) groups is 3. The van der Waals surface area contributed by atoms with E-state index in [0.29, 0.717) is 45.4 Å². The van der Waals surface area contributed by atoms with Gasteiger partial charge in [-0.15, -0.1) is 0 Å². The standard InChI is InChI=1S/C24H27N3O4/c28-22(26-14-12-20(13-15-26)27-23(29)16-25-24(27)30)11-8-18-6-9-21(10-7-18)31-17-19-4-2-1-3-5-19/h1-7,9-10,20H,8,11-17H2,(H,25,30). The molecule has 4 amide bonds. The molecule has 2 heterocycles. The van der Waals surface area contributed by atoms with Crippen LogP contribution in [0.1, 0.15) is 30.4 Å². The van der Waals surface area contributed by atoms with E-state index in [2.05, 4.69) is 5.32 Å². The van der Waals surface area contributed by atoms with E-state index in [1.54, 1.807) is 0 Å². The van der Waals surface area contributed by atoms with Crippen molar-refractivity contribution in [3.8, 4) is 5.75 Å². The minimum Gasteiger partial charge on any atom is -0.489 e. The summed E-state index contributed by atoms with van der Waals surface area (Å²) in [6.07, 6.45) is 2.39. The van der Waals surface area contributed by atoms with E-state index in [1.807, 2.05) is 59.5 Å². The van der Waals surface area contributed by atoms with Gasteiger partial charge in [0.25, 0.3) is 0 Å². The molecule has 31 heavy (non-hydrogen) atoms. The number of benzene rings is 2. The van der Waals surface area contributed by atoms with Gasteiger partial charge < -0.3 is 15.0 Å². The maximum absolute atomic E-state index is 12.6. The van der Waals surface area contributed by atoms with Gasteiger partial charge in [-0.3, -0.25) is 14.5 Å². The maximum atomic E-state index is 12.6. The van der Waals surface area contributed by atoms with E-state index < -0.39 is 0 Å². The van der Waals surface area contributed by atoms with Gasteiger partial charge in [0.15, 0.2) is 0 Å². The molecule has 2 saturated heterocycles. The third kappa shape index (κ3) is 5.23. The number of imide groups is 1. The average molecular weight is 421 g/mol. The first-order valence-corrected chi connectivity index (χ1v) is 10.7. The number of aryl methyl sites for hydroxylation is 1. The molecule has 2 aliphatic rings. The van der Waals surface area contributed by atoms with Crippen LogP contribution < -0.4 is 10.1 Å². The molecule has 4 rings (SSSR count). The summed E-state index contributed by atoms with van der Waals surface area (Å²) >= 11 is 0. The van der Waals surface area contributed by atoms with E-state index in [0.717, 1.165) is 16.9 Å². The van der Waals surface area contributed by atoms with E-state index in [4.69, 9.17) is 4.74 Å². The topological polar surface area (TPSA) is 79.0 Å². The maximum Gasteiger partial charge on any atom is 0.324 e. The van der Waals surface area contributed by atoms with Crippen LogP contribution in [0.15, 0.2) is 54.6 Å². The molecule has 7 heteroatoms. The highest BCUT2D eigenvalue weighted by molar-refractivity contribution is 6.02. The molecule has 162 valence electrons. The summed E-state index contributed by atoms with van der Waals surface area (Å²) < 4.78 is 5.80. The number of amides is 4. The van der Waals surface area contributed by atoms with Gasteiger partial charge >= 0.3 is 6.03 Å². The van der Waals surface area contributed by atoms with Crippen molar-refractivity contribution < 1.29 is 19.1 Å². The predicted octanol–water partition coefficient (Wildman–Crippen LogP) is 2.74.